The van der Waals surface area contributed by atoms with Crippen molar-refractivity contribution in [2.75, 3.05) is 0 Å². The van der Waals surface area contributed by atoms with E-state index in [2.05, 4.69) is 11.8 Å². The Balaban J connectivity index is 2.13. The fourth-order valence-electron chi connectivity index (χ4n) is 3.34. The SMILES string of the molecule is C#Cc1ccc2c(-c3c(O)ccc4cc(C#C)ccc34)c(O)ccc2c1. The van der Waals surface area contributed by atoms with E-state index in [0.717, 1.165) is 32.7 Å². The lowest BCUT2D eigenvalue weighted by Gasteiger charge is -2.14. The first-order chi connectivity index (χ1) is 12.6. The summed E-state index contributed by atoms with van der Waals surface area (Å²) in [4.78, 5) is 0. The number of phenolic OH excluding ortho intramolecular Hbond substituents is 2. The van der Waals surface area contributed by atoms with Gasteiger partial charge in [-0.2, -0.15) is 0 Å². The van der Waals surface area contributed by atoms with E-state index in [1.165, 1.54) is 0 Å². The Bertz CT molecular complexity index is 1170. The van der Waals surface area contributed by atoms with Crippen LogP contribution in [-0.4, -0.2) is 10.2 Å². The summed E-state index contributed by atoms with van der Waals surface area (Å²) in [6.07, 6.45) is 11.0. The lowest BCUT2D eigenvalue weighted by atomic mass is 9.91. The van der Waals surface area contributed by atoms with E-state index in [0.29, 0.717) is 11.1 Å². The van der Waals surface area contributed by atoms with E-state index in [4.69, 9.17) is 12.8 Å². The van der Waals surface area contributed by atoms with Crippen LogP contribution in [0.1, 0.15) is 11.1 Å². The van der Waals surface area contributed by atoms with Gasteiger partial charge in [-0.05, 0) is 57.9 Å². The molecule has 0 aliphatic carbocycles. The van der Waals surface area contributed by atoms with Gasteiger partial charge in [0.25, 0.3) is 0 Å². The molecule has 2 heteroatoms. The standard InChI is InChI=1S/C24H14O2/c1-3-15-5-9-19-17(13-15)7-11-21(25)23(19)24-20-10-6-16(4-2)14-18(20)8-12-22(24)26/h1-2,5-14,25-26H. The van der Waals surface area contributed by atoms with Crippen molar-refractivity contribution in [2.45, 2.75) is 0 Å². The van der Waals surface area contributed by atoms with Crippen molar-refractivity contribution < 1.29 is 10.2 Å². The van der Waals surface area contributed by atoms with Crippen LogP contribution in [0.25, 0.3) is 32.7 Å². The summed E-state index contributed by atoms with van der Waals surface area (Å²) in [6, 6.07) is 18.0. The summed E-state index contributed by atoms with van der Waals surface area (Å²) in [5.41, 5.74) is 2.66. The van der Waals surface area contributed by atoms with Crippen LogP contribution < -0.4 is 0 Å². The van der Waals surface area contributed by atoms with Crippen molar-refractivity contribution in [1.82, 2.24) is 0 Å². The van der Waals surface area contributed by atoms with Crippen LogP contribution in [0, 0.1) is 24.7 Å². The molecular formula is C24H14O2. The molecule has 4 aromatic rings. The van der Waals surface area contributed by atoms with Gasteiger partial charge in [0.2, 0.25) is 0 Å². The second-order valence-electron chi connectivity index (χ2n) is 6.08. The Labute approximate surface area is 151 Å². The maximum Gasteiger partial charge on any atom is 0.124 e. The van der Waals surface area contributed by atoms with Crippen LogP contribution >= 0.6 is 0 Å². The van der Waals surface area contributed by atoms with Gasteiger partial charge in [-0.25, -0.2) is 0 Å². The van der Waals surface area contributed by atoms with Gasteiger partial charge in [-0.1, -0.05) is 36.1 Å². The first kappa shape index (κ1) is 15.6. The molecule has 2 N–H and O–H groups in total. The zero-order chi connectivity index (χ0) is 18.3. The van der Waals surface area contributed by atoms with E-state index in [-0.39, 0.29) is 11.5 Å². The van der Waals surface area contributed by atoms with Gasteiger partial charge < -0.3 is 10.2 Å². The monoisotopic (exact) mass is 334 g/mol. The average molecular weight is 334 g/mol. The predicted octanol–water partition coefficient (Wildman–Crippen LogP) is 5.03. The summed E-state index contributed by atoms with van der Waals surface area (Å²) >= 11 is 0. The second kappa shape index (κ2) is 5.88. The molecule has 4 rings (SSSR count). The minimum atomic E-state index is 0.0924. The Kier molecular flexibility index (Phi) is 3.54. The van der Waals surface area contributed by atoms with E-state index in [9.17, 15) is 10.2 Å². The lowest BCUT2D eigenvalue weighted by Crippen LogP contribution is -1.88. The van der Waals surface area contributed by atoms with Crippen molar-refractivity contribution in [3.8, 4) is 47.3 Å². The summed E-state index contributed by atoms with van der Waals surface area (Å²) in [6.45, 7) is 0. The predicted molar refractivity (Wildman–Crippen MR) is 106 cm³/mol. The highest BCUT2D eigenvalue weighted by Gasteiger charge is 2.17. The highest BCUT2D eigenvalue weighted by molar-refractivity contribution is 6.09. The quantitative estimate of drug-likeness (QED) is 0.479. The number of phenols is 2. The molecule has 122 valence electrons. The molecule has 0 saturated carbocycles. The minimum absolute atomic E-state index is 0.0924. The van der Waals surface area contributed by atoms with Crippen LogP contribution in [0.5, 0.6) is 11.5 Å². The lowest BCUT2D eigenvalue weighted by molar-refractivity contribution is 0.470. The number of hydrogen-bond acceptors (Lipinski definition) is 2. The Morgan fingerprint density at radius 1 is 0.577 bits per heavy atom. The van der Waals surface area contributed by atoms with Crippen LogP contribution in [0.4, 0.5) is 0 Å². The first-order valence-corrected chi connectivity index (χ1v) is 8.07. The summed E-state index contributed by atoms with van der Waals surface area (Å²) < 4.78 is 0. The number of hydrogen-bond donors (Lipinski definition) is 2. The zero-order valence-corrected chi connectivity index (χ0v) is 13.8. The smallest absolute Gasteiger partial charge is 0.124 e. The molecule has 0 aliphatic rings. The van der Waals surface area contributed by atoms with Crippen molar-refractivity contribution in [1.29, 1.82) is 0 Å². The third kappa shape index (κ3) is 2.34. The van der Waals surface area contributed by atoms with Gasteiger partial charge in [0.15, 0.2) is 0 Å². The van der Waals surface area contributed by atoms with Crippen LogP contribution in [0.2, 0.25) is 0 Å². The normalized spacial score (nSPS) is 10.5. The molecule has 0 aliphatic heterocycles. The van der Waals surface area contributed by atoms with Crippen LogP contribution in [0.3, 0.4) is 0 Å². The molecule has 0 spiro atoms. The molecule has 0 bridgehead atoms. The zero-order valence-electron chi connectivity index (χ0n) is 13.8. The van der Waals surface area contributed by atoms with E-state index < -0.39 is 0 Å². The van der Waals surface area contributed by atoms with Crippen molar-refractivity contribution in [3.63, 3.8) is 0 Å². The Morgan fingerprint density at radius 2 is 1.00 bits per heavy atom. The fraction of sp³-hybridized carbons (Fsp3) is 0. The molecule has 0 amide bonds. The molecule has 4 aromatic carbocycles. The molecule has 0 radical (unpaired) electrons. The molecule has 0 fully saturated rings. The largest absolute Gasteiger partial charge is 0.507 e. The summed E-state index contributed by atoms with van der Waals surface area (Å²) in [5.74, 6) is 5.42. The second-order valence-corrected chi connectivity index (χ2v) is 6.08. The molecule has 2 nitrogen and oxygen atoms in total. The molecule has 0 saturated heterocycles. The fourth-order valence-corrected chi connectivity index (χ4v) is 3.34. The summed E-state index contributed by atoms with van der Waals surface area (Å²) in [7, 11) is 0. The molecule has 0 aromatic heterocycles. The van der Waals surface area contributed by atoms with Crippen LogP contribution in [0.15, 0.2) is 60.7 Å². The van der Waals surface area contributed by atoms with Crippen molar-refractivity contribution in [2.24, 2.45) is 0 Å². The maximum absolute atomic E-state index is 10.6. The number of rotatable bonds is 1. The van der Waals surface area contributed by atoms with E-state index in [1.54, 1.807) is 12.1 Å². The molecular weight excluding hydrogens is 320 g/mol. The number of terminal acetylenes is 2. The molecule has 0 unspecified atom stereocenters. The molecule has 0 heterocycles. The average Bonchev–Trinajstić information content (AvgIpc) is 2.68. The highest BCUT2D eigenvalue weighted by atomic mass is 16.3. The topological polar surface area (TPSA) is 40.5 Å². The summed E-state index contributed by atoms with van der Waals surface area (Å²) in [5, 5.41) is 24.6. The van der Waals surface area contributed by atoms with Gasteiger partial charge in [-0.15, -0.1) is 12.8 Å². The van der Waals surface area contributed by atoms with Gasteiger partial charge in [-0.3, -0.25) is 0 Å². The Morgan fingerprint density at radius 3 is 1.38 bits per heavy atom. The van der Waals surface area contributed by atoms with Gasteiger partial charge in [0.05, 0.1) is 0 Å². The third-order valence-electron chi connectivity index (χ3n) is 4.58. The minimum Gasteiger partial charge on any atom is -0.507 e. The van der Waals surface area contributed by atoms with Gasteiger partial charge >= 0.3 is 0 Å². The van der Waals surface area contributed by atoms with E-state index in [1.807, 2.05) is 48.5 Å². The molecule has 26 heavy (non-hydrogen) atoms. The Hall–Kier alpha value is -3.88. The van der Waals surface area contributed by atoms with Crippen molar-refractivity contribution >= 4 is 21.5 Å². The third-order valence-corrected chi connectivity index (χ3v) is 4.58. The van der Waals surface area contributed by atoms with E-state index >= 15 is 0 Å². The van der Waals surface area contributed by atoms with Crippen molar-refractivity contribution in [3.05, 3.63) is 71.8 Å². The van der Waals surface area contributed by atoms with Gasteiger partial charge in [0, 0.05) is 22.3 Å². The number of fused-ring (bicyclic) bond motifs is 2. The maximum atomic E-state index is 10.6. The van der Waals surface area contributed by atoms with Crippen LogP contribution in [-0.2, 0) is 0 Å². The molecule has 0 atom stereocenters. The van der Waals surface area contributed by atoms with Gasteiger partial charge in [0.1, 0.15) is 11.5 Å². The first-order valence-electron chi connectivity index (χ1n) is 8.07. The highest BCUT2D eigenvalue weighted by Crippen LogP contribution is 2.44. The number of aromatic hydroxyl groups is 2. The number of benzene rings is 4.